The SMILES string of the molecule is CN(C)Cc1ccccc1OCC(O)CN1CCCCC1. The highest BCUT2D eigenvalue weighted by molar-refractivity contribution is 5.33. The number of hydrogen-bond acceptors (Lipinski definition) is 4. The first-order valence-corrected chi connectivity index (χ1v) is 7.91. The second kappa shape index (κ2) is 8.37. The van der Waals surface area contributed by atoms with Crippen molar-refractivity contribution in [3.05, 3.63) is 29.8 Å². The van der Waals surface area contributed by atoms with E-state index in [-0.39, 0.29) is 0 Å². The molecule has 1 unspecified atom stereocenters. The van der Waals surface area contributed by atoms with E-state index in [0.717, 1.165) is 37.5 Å². The maximum absolute atomic E-state index is 10.2. The molecule has 0 aliphatic carbocycles. The van der Waals surface area contributed by atoms with E-state index in [4.69, 9.17) is 4.74 Å². The molecule has 0 radical (unpaired) electrons. The average molecular weight is 292 g/mol. The molecule has 4 heteroatoms. The van der Waals surface area contributed by atoms with Gasteiger partial charge in [-0.25, -0.2) is 0 Å². The number of likely N-dealkylation sites (tertiary alicyclic amines) is 1. The summed E-state index contributed by atoms with van der Waals surface area (Å²) in [5, 5.41) is 10.2. The fraction of sp³-hybridized carbons (Fsp3) is 0.647. The molecule has 1 aliphatic heterocycles. The molecule has 21 heavy (non-hydrogen) atoms. The second-order valence-corrected chi connectivity index (χ2v) is 6.17. The number of piperidine rings is 1. The highest BCUT2D eigenvalue weighted by atomic mass is 16.5. The van der Waals surface area contributed by atoms with Gasteiger partial charge in [0.2, 0.25) is 0 Å². The highest BCUT2D eigenvalue weighted by Gasteiger charge is 2.15. The van der Waals surface area contributed by atoms with Gasteiger partial charge in [-0.15, -0.1) is 0 Å². The minimum Gasteiger partial charge on any atom is -0.491 e. The number of rotatable bonds is 7. The van der Waals surface area contributed by atoms with Crippen LogP contribution in [0.2, 0.25) is 0 Å². The molecule has 1 saturated heterocycles. The standard InChI is InChI=1S/C17H28N2O2/c1-18(2)12-15-8-4-5-9-17(15)21-14-16(20)13-19-10-6-3-7-11-19/h4-5,8-9,16,20H,3,6-7,10-14H2,1-2H3. The van der Waals surface area contributed by atoms with Crippen LogP contribution in [0.4, 0.5) is 0 Å². The summed E-state index contributed by atoms with van der Waals surface area (Å²) in [6, 6.07) is 8.06. The second-order valence-electron chi connectivity index (χ2n) is 6.17. The lowest BCUT2D eigenvalue weighted by atomic mass is 10.1. The van der Waals surface area contributed by atoms with Crippen LogP contribution < -0.4 is 4.74 Å². The Kier molecular flexibility index (Phi) is 6.49. The fourth-order valence-corrected chi connectivity index (χ4v) is 2.79. The van der Waals surface area contributed by atoms with Gasteiger partial charge in [-0.05, 0) is 46.1 Å². The minimum absolute atomic E-state index is 0.362. The Morgan fingerprint density at radius 2 is 1.90 bits per heavy atom. The van der Waals surface area contributed by atoms with Crippen LogP contribution in [0.5, 0.6) is 5.75 Å². The van der Waals surface area contributed by atoms with E-state index < -0.39 is 6.10 Å². The predicted octanol–water partition coefficient (Wildman–Crippen LogP) is 1.97. The average Bonchev–Trinajstić information content (AvgIpc) is 2.47. The van der Waals surface area contributed by atoms with Crippen molar-refractivity contribution in [3.8, 4) is 5.75 Å². The number of hydrogen-bond donors (Lipinski definition) is 1. The Morgan fingerprint density at radius 1 is 1.19 bits per heavy atom. The highest BCUT2D eigenvalue weighted by Crippen LogP contribution is 2.19. The molecule has 0 aromatic heterocycles. The number of aliphatic hydroxyl groups is 1. The zero-order valence-electron chi connectivity index (χ0n) is 13.3. The van der Waals surface area contributed by atoms with Crippen molar-refractivity contribution < 1.29 is 9.84 Å². The van der Waals surface area contributed by atoms with E-state index in [1.54, 1.807) is 0 Å². The Morgan fingerprint density at radius 3 is 2.62 bits per heavy atom. The van der Waals surface area contributed by atoms with Crippen molar-refractivity contribution in [2.45, 2.75) is 31.9 Å². The van der Waals surface area contributed by atoms with Gasteiger partial charge in [-0.1, -0.05) is 24.6 Å². The summed E-state index contributed by atoms with van der Waals surface area (Å²) < 4.78 is 5.84. The first-order valence-electron chi connectivity index (χ1n) is 7.91. The first kappa shape index (κ1) is 16.3. The Hall–Kier alpha value is -1.10. The van der Waals surface area contributed by atoms with Crippen molar-refractivity contribution in [2.24, 2.45) is 0 Å². The number of benzene rings is 1. The Balaban J connectivity index is 1.81. The van der Waals surface area contributed by atoms with E-state index in [1.807, 2.05) is 32.3 Å². The fourth-order valence-electron chi connectivity index (χ4n) is 2.79. The van der Waals surface area contributed by atoms with Gasteiger partial charge < -0.3 is 19.6 Å². The van der Waals surface area contributed by atoms with Crippen LogP contribution >= 0.6 is 0 Å². The quantitative estimate of drug-likeness (QED) is 0.833. The summed E-state index contributed by atoms with van der Waals surface area (Å²) in [6.07, 6.45) is 3.40. The van der Waals surface area contributed by atoms with Crippen molar-refractivity contribution in [3.63, 3.8) is 0 Å². The molecule has 0 spiro atoms. The van der Waals surface area contributed by atoms with Crippen molar-refractivity contribution in [1.82, 2.24) is 9.80 Å². The molecule has 0 saturated carbocycles. The monoisotopic (exact) mass is 292 g/mol. The zero-order chi connectivity index (χ0) is 15.1. The lowest BCUT2D eigenvalue weighted by Gasteiger charge is -2.28. The molecule has 1 aromatic carbocycles. The smallest absolute Gasteiger partial charge is 0.123 e. The van der Waals surface area contributed by atoms with Crippen LogP contribution in [0, 0.1) is 0 Å². The third-order valence-electron chi connectivity index (χ3n) is 3.81. The van der Waals surface area contributed by atoms with Crippen LogP contribution in [0.3, 0.4) is 0 Å². The lowest BCUT2D eigenvalue weighted by molar-refractivity contribution is 0.0612. The van der Waals surface area contributed by atoms with E-state index in [2.05, 4.69) is 15.9 Å². The maximum atomic E-state index is 10.2. The predicted molar refractivity (Wildman–Crippen MR) is 85.6 cm³/mol. The molecule has 118 valence electrons. The van der Waals surface area contributed by atoms with Crippen LogP contribution in [0.25, 0.3) is 0 Å². The van der Waals surface area contributed by atoms with Gasteiger partial charge in [-0.3, -0.25) is 0 Å². The molecule has 1 fully saturated rings. The topological polar surface area (TPSA) is 35.9 Å². The van der Waals surface area contributed by atoms with Crippen LogP contribution in [-0.4, -0.2) is 61.3 Å². The third-order valence-corrected chi connectivity index (χ3v) is 3.81. The number of β-amino-alcohol motifs (C(OH)–C–C–N with tert-alkyl or cyclic N) is 1. The summed E-state index contributed by atoms with van der Waals surface area (Å²) in [5.74, 6) is 0.879. The molecule has 1 aromatic rings. The molecule has 0 amide bonds. The summed E-state index contributed by atoms with van der Waals surface area (Å²) in [6.45, 7) is 4.14. The molecule has 1 aliphatic rings. The summed E-state index contributed by atoms with van der Waals surface area (Å²) in [5.41, 5.74) is 1.16. The van der Waals surface area contributed by atoms with Gasteiger partial charge in [-0.2, -0.15) is 0 Å². The minimum atomic E-state index is -0.421. The first-order chi connectivity index (χ1) is 10.1. The molecule has 4 nitrogen and oxygen atoms in total. The number of ether oxygens (including phenoxy) is 1. The van der Waals surface area contributed by atoms with Crippen LogP contribution in [-0.2, 0) is 6.54 Å². The van der Waals surface area contributed by atoms with Gasteiger partial charge >= 0.3 is 0 Å². The molecule has 1 atom stereocenters. The van der Waals surface area contributed by atoms with Crippen LogP contribution in [0.15, 0.2) is 24.3 Å². The Bertz CT molecular complexity index is 417. The third kappa shape index (κ3) is 5.65. The Labute approximate surface area is 128 Å². The van der Waals surface area contributed by atoms with E-state index in [9.17, 15) is 5.11 Å². The van der Waals surface area contributed by atoms with Crippen molar-refractivity contribution in [1.29, 1.82) is 0 Å². The number of aliphatic hydroxyl groups excluding tert-OH is 1. The van der Waals surface area contributed by atoms with Crippen molar-refractivity contribution in [2.75, 3.05) is 40.3 Å². The molecule has 1 N–H and O–H groups in total. The largest absolute Gasteiger partial charge is 0.491 e. The van der Waals surface area contributed by atoms with E-state index >= 15 is 0 Å². The molecule has 2 rings (SSSR count). The number of para-hydroxylation sites is 1. The summed E-state index contributed by atoms with van der Waals surface area (Å²) >= 11 is 0. The molecule has 0 bridgehead atoms. The van der Waals surface area contributed by atoms with Crippen LogP contribution in [0.1, 0.15) is 24.8 Å². The van der Waals surface area contributed by atoms with Gasteiger partial charge in [0, 0.05) is 18.7 Å². The van der Waals surface area contributed by atoms with Gasteiger partial charge in [0.15, 0.2) is 0 Å². The van der Waals surface area contributed by atoms with Gasteiger partial charge in [0.25, 0.3) is 0 Å². The van der Waals surface area contributed by atoms with Gasteiger partial charge in [0.05, 0.1) is 0 Å². The molecular formula is C17H28N2O2. The lowest BCUT2D eigenvalue weighted by Crippen LogP contribution is -2.38. The van der Waals surface area contributed by atoms with Gasteiger partial charge in [0.1, 0.15) is 18.5 Å². The van der Waals surface area contributed by atoms with E-state index in [1.165, 1.54) is 19.3 Å². The summed E-state index contributed by atoms with van der Waals surface area (Å²) in [7, 11) is 4.09. The summed E-state index contributed by atoms with van der Waals surface area (Å²) in [4.78, 5) is 4.45. The number of nitrogens with zero attached hydrogens (tertiary/aromatic N) is 2. The van der Waals surface area contributed by atoms with E-state index in [0.29, 0.717) is 6.61 Å². The van der Waals surface area contributed by atoms with Crippen molar-refractivity contribution >= 4 is 0 Å². The zero-order valence-corrected chi connectivity index (χ0v) is 13.3. The molecular weight excluding hydrogens is 264 g/mol. The normalized spacial score (nSPS) is 17.9. The molecule has 1 heterocycles. The maximum Gasteiger partial charge on any atom is 0.123 e.